The molecule has 0 aliphatic carbocycles. The molecular formula is C15H21N5O. The fourth-order valence-corrected chi connectivity index (χ4v) is 1.99. The molecule has 2 aromatic rings. The van der Waals surface area contributed by atoms with Crippen molar-refractivity contribution in [3.8, 4) is 0 Å². The predicted octanol–water partition coefficient (Wildman–Crippen LogP) is 1.68. The number of anilines is 1. The number of benzene rings is 1. The lowest BCUT2D eigenvalue weighted by atomic mass is 10.2. The Morgan fingerprint density at radius 3 is 2.62 bits per heavy atom. The van der Waals surface area contributed by atoms with Gasteiger partial charge in [-0.1, -0.05) is 0 Å². The van der Waals surface area contributed by atoms with Gasteiger partial charge in [-0.2, -0.15) is 0 Å². The van der Waals surface area contributed by atoms with Crippen LogP contribution >= 0.6 is 0 Å². The van der Waals surface area contributed by atoms with E-state index in [1.807, 2.05) is 42.8 Å². The summed E-state index contributed by atoms with van der Waals surface area (Å²) in [5.41, 5.74) is 1.74. The van der Waals surface area contributed by atoms with Gasteiger partial charge in [-0.25, -0.2) is 0 Å². The quantitative estimate of drug-likeness (QED) is 0.878. The summed E-state index contributed by atoms with van der Waals surface area (Å²) < 4.78 is 1.90. The van der Waals surface area contributed by atoms with E-state index in [1.165, 1.54) is 0 Å². The molecular weight excluding hydrogens is 266 g/mol. The number of aryl methyl sites for hydroxylation is 1. The van der Waals surface area contributed by atoms with Crippen LogP contribution in [0.25, 0.3) is 0 Å². The van der Waals surface area contributed by atoms with Gasteiger partial charge >= 0.3 is 0 Å². The van der Waals surface area contributed by atoms with Crippen LogP contribution in [0.3, 0.4) is 0 Å². The van der Waals surface area contributed by atoms with Crippen molar-refractivity contribution in [3.63, 3.8) is 0 Å². The maximum atomic E-state index is 12.1. The summed E-state index contributed by atoms with van der Waals surface area (Å²) in [6, 6.07) is 7.57. The van der Waals surface area contributed by atoms with Crippen molar-refractivity contribution in [1.29, 1.82) is 0 Å². The molecule has 1 heterocycles. The maximum absolute atomic E-state index is 12.1. The molecule has 1 amide bonds. The normalized spacial score (nSPS) is 10.4. The number of carbonyl (C=O) groups is 1. The average molecular weight is 287 g/mol. The van der Waals surface area contributed by atoms with Crippen LogP contribution in [0.2, 0.25) is 0 Å². The van der Waals surface area contributed by atoms with Crippen LogP contribution in [0.15, 0.2) is 30.6 Å². The number of hydrogen-bond donors (Lipinski definition) is 1. The summed E-state index contributed by atoms with van der Waals surface area (Å²) in [5.74, 6) is 0.652. The lowest BCUT2D eigenvalue weighted by Crippen LogP contribution is -2.24. The number of hydrogen-bond acceptors (Lipinski definition) is 4. The Balaban J connectivity index is 1.97. The zero-order valence-electron chi connectivity index (χ0n) is 12.7. The number of nitrogens with zero attached hydrogens (tertiary/aromatic N) is 4. The van der Waals surface area contributed by atoms with Gasteiger partial charge in [-0.15, -0.1) is 10.2 Å². The van der Waals surface area contributed by atoms with Gasteiger partial charge in [-0.05, 0) is 38.1 Å². The van der Waals surface area contributed by atoms with Crippen molar-refractivity contribution in [2.45, 2.75) is 26.9 Å². The molecule has 0 aliphatic rings. The molecule has 0 unspecified atom stereocenters. The van der Waals surface area contributed by atoms with E-state index in [0.717, 1.165) is 24.6 Å². The highest BCUT2D eigenvalue weighted by Gasteiger charge is 2.08. The lowest BCUT2D eigenvalue weighted by molar-refractivity contribution is 0.0949. The van der Waals surface area contributed by atoms with Crippen LogP contribution < -0.4 is 10.2 Å². The highest BCUT2D eigenvalue weighted by atomic mass is 16.1. The van der Waals surface area contributed by atoms with E-state index < -0.39 is 0 Å². The Morgan fingerprint density at radius 2 is 2.00 bits per heavy atom. The average Bonchev–Trinajstić information content (AvgIpc) is 2.99. The third-order valence-electron chi connectivity index (χ3n) is 3.49. The third-order valence-corrected chi connectivity index (χ3v) is 3.49. The van der Waals surface area contributed by atoms with E-state index in [0.29, 0.717) is 12.1 Å². The topological polar surface area (TPSA) is 63.1 Å². The van der Waals surface area contributed by atoms with Crippen LogP contribution in [-0.2, 0) is 13.1 Å². The molecule has 112 valence electrons. The van der Waals surface area contributed by atoms with Gasteiger partial charge in [0.05, 0.1) is 6.54 Å². The summed E-state index contributed by atoms with van der Waals surface area (Å²) in [4.78, 5) is 14.2. The maximum Gasteiger partial charge on any atom is 0.251 e. The standard InChI is InChI=1S/C15H21N5O/c1-4-19(3)13-8-6-12(7-9-13)15(21)16-10-14-18-17-11-20(14)5-2/h6-9,11H,4-5,10H2,1-3H3,(H,16,21). The Hall–Kier alpha value is -2.37. The van der Waals surface area contributed by atoms with Crippen LogP contribution in [-0.4, -0.2) is 34.3 Å². The van der Waals surface area contributed by atoms with E-state index in [1.54, 1.807) is 6.33 Å². The van der Waals surface area contributed by atoms with Crippen LogP contribution in [0.5, 0.6) is 0 Å². The van der Waals surface area contributed by atoms with Gasteiger partial charge in [0, 0.05) is 31.4 Å². The predicted molar refractivity (Wildman–Crippen MR) is 82.3 cm³/mol. The number of rotatable bonds is 6. The fraction of sp³-hybridized carbons (Fsp3) is 0.400. The minimum Gasteiger partial charge on any atom is -0.375 e. The van der Waals surface area contributed by atoms with Crippen LogP contribution in [0, 0.1) is 0 Å². The van der Waals surface area contributed by atoms with Crippen molar-refractivity contribution in [2.24, 2.45) is 0 Å². The first-order chi connectivity index (χ1) is 10.2. The molecule has 6 heteroatoms. The SMILES string of the molecule is CCN(C)c1ccc(C(=O)NCc2nncn2CC)cc1. The fourth-order valence-electron chi connectivity index (χ4n) is 1.99. The minimum absolute atomic E-state index is 0.105. The number of amides is 1. The number of carbonyl (C=O) groups excluding carboxylic acids is 1. The van der Waals surface area contributed by atoms with Crippen LogP contribution in [0.4, 0.5) is 5.69 Å². The summed E-state index contributed by atoms with van der Waals surface area (Å²) in [5, 5.41) is 10.7. The first kappa shape index (κ1) is 15.0. The molecule has 6 nitrogen and oxygen atoms in total. The number of nitrogens with one attached hydrogen (secondary N) is 1. The molecule has 1 aromatic heterocycles. The largest absolute Gasteiger partial charge is 0.375 e. The van der Waals surface area contributed by atoms with Gasteiger partial charge in [0.2, 0.25) is 0 Å². The van der Waals surface area contributed by atoms with E-state index in [-0.39, 0.29) is 5.91 Å². The molecule has 21 heavy (non-hydrogen) atoms. The monoisotopic (exact) mass is 287 g/mol. The lowest BCUT2D eigenvalue weighted by Gasteiger charge is -2.16. The molecule has 0 aliphatic heterocycles. The second kappa shape index (κ2) is 6.88. The molecule has 0 saturated carbocycles. The molecule has 0 saturated heterocycles. The molecule has 0 radical (unpaired) electrons. The van der Waals surface area contributed by atoms with Gasteiger partial charge in [0.25, 0.3) is 5.91 Å². The Labute approximate surface area is 124 Å². The van der Waals surface area contributed by atoms with Gasteiger partial charge in [-0.3, -0.25) is 4.79 Å². The van der Waals surface area contributed by atoms with Gasteiger partial charge < -0.3 is 14.8 Å². The highest BCUT2D eigenvalue weighted by molar-refractivity contribution is 5.94. The molecule has 1 aromatic carbocycles. The molecule has 0 atom stereocenters. The molecule has 1 N–H and O–H groups in total. The molecule has 0 fully saturated rings. The van der Waals surface area contributed by atoms with Crippen molar-refractivity contribution in [2.75, 3.05) is 18.5 Å². The number of aromatic nitrogens is 3. The first-order valence-corrected chi connectivity index (χ1v) is 7.11. The van der Waals surface area contributed by atoms with Crippen LogP contribution in [0.1, 0.15) is 30.0 Å². The van der Waals surface area contributed by atoms with E-state index >= 15 is 0 Å². The van der Waals surface area contributed by atoms with E-state index in [2.05, 4.69) is 27.3 Å². The summed E-state index contributed by atoms with van der Waals surface area (Å²) in [7, 11) is 2.02. The van der Waals surface area contributed by atoms with E-state index in [4.69, 9.17) is 0 Å². The highest BCUT2D eigenvalue weighted by Crippen LogP contribution is 2.13. The second-order valence-electron chi connectivity index (χ2n) is 4.78. The zero-order chi connectivity index (χ0) is 15.2. The van der Waals surface area contributed by atoms with Crippen molar-refractivity contribution in [1.82, 2.24) is 20.1 Å². The van der Waals surface area contributed by atoms with Crippen molar-refractivity contribution < 1.29 is 4.79 Å². The molecule has 0 bridgehead atoms. The van der Waals surface area contributed by atoms with Crippen molar-refractivity contribution in [3.05, 3.63) is 42.0 Å². The Morgan fingerprint density at radius 1 is 1.29 bits per heavy atom. The summed E-state index contributed by atoms with van der Waals surface area (Å²) in [6.07, 6.45) is 1.66. The Bertz CT molecular complexity index is 590. The summed E-state index contributed by atoms with van der Waals surface area (Å²) in [6.45, 7) is 6.19. The van der Waals surface area contributed by atoms with Gasteiger partial charge in [0.15, 0.2) is 5.82 Å². The molecule has 2 rings (SSSR count). The Kier molecular flexibility index (Phi) is 4.92. The zero-order valence-corrected chi connectivity index (χ0v) is 12.7. The third kappa shape index (κ3) is 3.59. The second-order valence-corrected chi connectivity index (χ2v) is 4.78. The minimum atomic E-state index is -0.105. The van der Waals surface area contributed by atoms with Gasteiger partial charge in [0.1, 0.15) is 6.33 Å². The first-order valence-electron chi connectivity index (χ1n) is 7.11. The van der Waals surface area contributed by atoms with Crippen molar-refractivity contribution >= 4 is 11.6 Å². The smallest absolute Gasteiger partial charge is 0.251 e. The summed E-state index contributed by atoms with van der Waals surface area (Å²) >= 11 is 0. The molecule has 0 spiro atoms. The van der Waals surface area contributed by atoms with E-state index in [9.17, 15) is 4.79 Å².